The van der Waals surface area contributed by atoms with Crippen molar-refractivity contribution in [3.8, 4) is 5.75 Å². The van der Waals surface area contributed by atoms with Crippen LogP contribution in [0.4, 0.5) is 0 Å². The molecule has 0 aliphatic carbocycles. The van der Waals surface area contributed by atoms with Gasteiger partial charge in [-0.15, -0.1) is 11.8 Å². The maximum atomic E-state index is 12.0. The molecule has 0 bridgehead atoms. The molecule has 0 fully saturated rings. The fourth-order valence-corrected chi connectivity index (χ4v) is 2.36. The van der Waals surface area contributed by atoms with Gasteiger partial charge < -0.3 is 4.74 Å². The van der Waals surface area contributed by atoms with E-state index in [1.165, 1.54) is 0 Å². The van der Waals surface area contributed by atoms with Crippen molar-refractivity contribution in [2.24, 2.45) is 0 Å². The highest BCUT2D eigenvalue weighted by atomic mass is 32.2. The number of carbonyl (C=O) groups is 1. The number of methoxy groups -OCH3 is 1. The number of ketones is 1. The second-order valence-electron chi connectivity index (χ2n) is 3.76. The first kappa shape index (κ1) is 12.7. The van der Waals surface area contributed by atoms with Gasteiger partial charge in [-0.1, -0.05) is 30.3 Å². The molecule has 0 aliphatic rings. The second kappa shape index (κ2) is 6.26. The van der Waals surface area contributed by atoms with Crippen LogP contribution in [0.1, 0.15) is 10.4 Å². The predicted octanol–water partition coefficient (Wildman–Crippen LogP) is 3.67. The van der Waals surface area contributed by atoms with E-state index >= 15 is 0 Å². The molecule has 0 saturated heterocycles. The molecule has 92 valence electrons. The normalized spacial score (nSPS) is 10.1. The Morgan fingerprint density at radius 3 is 2.61 bits per heavy atom. The summed E-state index contributed by atoms with van der Waals surface area (Å²) in [5.41, 5.74) is 0.692. The van der Waals surface area contributed by atoms with Crippen molar-refractivity contribution < 1.29 is 9.53 Å². The number of ether oxygens (including phenoxy) is 1. The minimum atomic E-state index is 0.114. The van der Waals surface area contributed by atoms with Crippen molar-refractivity contribution in [3.63, 3.8) is 0 Å². The first-order valence-electron chi connectivity index (χ1n) is 5.64. The van der Waals surface area contributed by atoms with E-state index in [1.807, 2.05) is 48.5 Å². The monoisotopic (exact) mass is 258 g/mol. The minimum absolute atomic E-state index is 0.114. The highest BCUT2D eigenvalue weighted by molar-refractivity contribution is 8.00. The fourth-order valence-electron chi connectivity index (χ4n) is 1.55. The molecule has 0 N–H and O–H groups in total. The molecule has 0 spiro atoms. The van der Waals surface area contributed by atoms with Crippen LogP contribution in [0.5, 0.6) is 5.75 Å². The molecule has 2 rings (SSSR count). The molecule has 0 radical (unpaired) electrons. The largest absolute Gasteiger partial charge is 0.497 e. The molecule has 2 aromatic rings. The van der Waals surface area contributed by atoms with Crippen molar-refractivity contribution >= 4 is 17.5 Å². The average Bonchev–Trinajstić information content (AvgIpc) is 2.46. The highest BCUT2D eigenvalue weighted by Gasteiger charge is 2.07. The molecule has 0 saturated carbocycles. The summed E-state index contributed by atoms with van der Waals surface area (Å²) in [4.78, 5) is 13.1. The van der Waals surface area contributed by atoms with Crippen LogP contribution in [-0.4, -0.2) is 18.6 Å². The van der Waals surface area contributed by atoms with Crippen LogP contribution >= 0.6 is 11.8 Å². The third-order valence-corrected chi connectivity index (χ3v) is 3.52. The SMILES string of the molecule is COc1cccc(C(=O)CSc2ccccc2)c1. The van der Waals surface area contributed by atoms with Crippen molar-refractivity contribution in [1.29, 1.82) is 0 Å². The van der Waals surface area contributed by atoms with Gasteiger partial charge in [0.2, 0.25) is 0 Å². The van der Waals surface area contributed by atoms with E-state index in [-0.39, 0.29) is 5.78 Å². The van der Waals surface area contributed by atoms with Gasteiger partial charge in [0.25, 0.3) is 0 Å². The van der Waals surface area contributed by atoms with Crippen LogP contribution in [0.15, 0.2) is 59.5 Å². The van der Waals surface area contributed by atoms with Crippen LogP contribution < -0.4 is 4.74 Å². The Bertz CT molecular complexity index is 523. The Morgan fingerprint density at radius 2 is 1.89 bits per heavy atom. The standard InChI is InChI=1S/C15H14O2S/c1-17-13-7-5-6-12(10-13)15(16)11-18-14-8-3-2-4-9-14/h2-10H,11H2,1H3. The first-order chi connectivity index (χ1) is 8.79. The van der Waals surface area contributed by atoms with E-state index in [0.29, 0.717) is 17.1 Å². The van der Waals surface area contributed by atoms with Gasteiger partial charge in [-0.2, -0.15) is 0 Å². The summed E-state index contributed by atoms with van der Waals surface area (Å²) in [5, 5.41) is 0. The van der Waals surface area contributed by atoms with Crippen LogP contribution in [-0.2, 0) is 0 Å². The van der Waals surface area contributed by atoms with Gasteiger partial charge in [-0.05, 0) is 24.3 Å². The predicted molar refractivity (Wildman–Crippen MR) is 74.5 cm³/mol. The Hall–Kier alpha value is -1.74. The summed E-state index contributed by atoms with van der Waals surface area (Å²) >= 11 is 1.55. The number of Topliss-reactive ketones (excluding diaryl/α,β-unsaturated/α-hetero) is 1. The van der Waals surface area contributed by atoms with E-state index < -0.39 is 0 Å². The van der Waals surface area contributed by atoms with Crippen LogP contribution in [0.3, 0.4) is 0 Å². The lowest BCUT2D eigenvalue weighted by atomic mass is 10.1. The third kappa shape index (κ3) is 3.37. The maximum absolute atomic E-state index is 12.0. The summed E-state index contributed by atoms with van der Waals surface area (Å²) in [6.45, 7) is 0. The number of carbonyl (C=O) groups excluding carboxylic acids is 1. The molecule has 0 amide bonds. The van der Waals surface area contributed by atoms with E-state index in [0.717, 1.165) is 4.90 Å². The van der Waals surface area contributed by atoms with Gasteiger partial charge >= 0.3 is 0 Å². The van der Waals surface area contributed by atoms with Crippen LogP contribution in [0.2, 0.25) is 0 Å². The number of thioether (sulfide) groups is 1. The lowest BCUT2D eigenvalue weighted by Crippen LogP contribution is -2.02. The number of hydrogen-bond donors (Lipinski definition) is 0. The second-order valence-corrected chi connectivity index (χ2v) is 4.81. The summed E-state index contributed by atoms with van der Waals surface area (Å²) < 4.78 is 5.11. The van der Waals surface area contributed by atoms with Gasteiger partial charge in [0, 0.05) is 10.5 Å². The Balaban J connectivity index is 1.99. The quantitative estimate of drug-likeness (QED) is 0.604. The summed E-state index contributed by atoms with van der Waals surface area (Å²) in [6, 6.07) is 17.2. The molecule has 2 nitrogen and oxygen atoms in total. The number of benzene rings is 2. The molecule has 0 aliphatic heterocycles. The topological polar surface area (TPSA) is 26.3 Å². The molecule has 0 aromatic heterocycles. The van der Waals surface area contributed by atoms with Crippen molar-refractivity contribution in [2.45, 2.75) is 4.90 Å². The van der Waals surface area contributed by atoms with Gasteiger partial charge in [0.1, 0.15) is 5.75 Å². The van der Waals surface area contributed by atoms with Crippen molar-refractivity contribution in [2.75, 3.05) is 12.9 Å². The Labute approximate surface area is 111 Å². The molecule has 2 aromatic carbocycles. The van der Waals surface area contributed by atoms with Crippen LogP contribution in [0.25, 0.3) is 0 Å². The molecule has 0 atom stereocenters. The zero-order valence-electron chi connectivity index (χ0n) is 10.1. The number of rotatable bonds is 5. The smallest absolute Gasteiger partial charge is 0.173 e. The van der Waals surface area contributed by atoms with E-state index in [1.54, 1.807) is 24.9 Å². The van der Waals surface area contributed by atoms with Gasteiger partial charge in [-0.25, -0.2) is 0 Å². The highest BCUT2D eigenvalue weighted by Crippen LogP contribution is 2.20. The number of hydrogen-bond acceptors (Lipinski definition) is 3. The van der Waals surface area contributed by atoms with E-state index in [9.17, 15) is 4.79 Å². The average molecular weight is 258 g/mol. The van der Waals surface area contributed by atoms with Crippen molar-refractivity contribution in [3.05, 3.63) is 60.2 Å². The lowest BCUT2D eigenvalue weighted by molar-refractivity contribution is 0.102. The van der Waals surface area contributed by atoms with Crippen LogP contribution in [0, 0.1) is 0 Å². The summed E-state index contributed by atoms with van der Waals surface area (Å²) in [7, 11) is 1.60. The van der Waals surface area contributed by atoms with Gasteiger partial charge in [-0.3, -0.25) is 4.79 Å². The maximum Gasteiger partial charge on any atom is 0.173 e. The molecule has 3 heteroatoms. The van der Waals surface area contributed by atoms with E-state index in [4.69, 9.17) is 4.74 Å². The zero-order valence-corrected chi connectivity index (χ0v) is 10.9. The van der Waals surface area contributed by atoms with Gasteiger partial charge in [0.05, 0.1) is 12.9 Å². The molecule has 0 unspecified atom stereocenters. The minimum Gasteiger partial charge on any atom is -0.497 e. The third-order valence-electron chi connectivity index (χ3n) is 2.50. The Morgan fingerprint density at radius 1 is 1.11 bits per heavy atom. The lowest BCUT2D eigenvalue weighted by Gasteiger charge is -2.04. The molecular formula is C15H14O2S. The fraction of sp³-hybridized carbons (Fsp3) is 0.133. The summed E-state index contributed by atoms with van der Waals surface area (Å²) in [6.07, 6.45) is 0. The first-order valence-corrected chi connectivity index (χ1v) is 6.63. The van der Waals surface area contributed by atoms with Gasteiger partial charge in [0.15, 0.2) is 5.78 Å². The summed E-state index contributed by atoms with van der Waals surface area (Å²) in [5.74, 6) is 1.27. The van der Waals surface area contributed by atoms with Crippen molar-refractivity contribution in [1.82, 2.24) is 0 Å². The zero-order chi connectivity index (χ0) is 12.8. The molecule has 18 heavy (non-hydrogen) atoms. The Kier molecular flexibility index (Phi) is 4.42. The molecule has 0 heterocycles. The van der Waals surface area contributed by atoms with E-state index in [2.05, 4.69) is 0 Å². The molecular weight excluding hydrogens is 244 g/mol.